The van der Waals surface area contributed by atoms with Crippen molar-refractivity contribution >= 4 is 35.2 Å². The van der Waals surface area contributed by atoms with Crippen LogP contribution in [0.4, 0.5) is 11.7 Å². The minimum Gasteiger partial charge on any atom is -0.452 e. The second kappa shape index (κ2) is 8.27. The average molecular weight is 403 g/mol. The normalized spacial score (nSPS) is 10.3. The van der Waals surface area contributed by atoms with Crippen LogP contribution in [0.1, 0.15) is 10.4 Å². The number of nitro benzene ring substituents is 1. The number of hydrogen-bond donors (Lipinski definition) is 1. The monoisotopic (exact) mass is 402 g/mol. The Bertz CT molecular complexity index is 1040. The van der Waals surface area contributed by atoms with Crippen LogP contribution in [0.5, 0.6) is 0 Å². The molecule has 1 amide bonds. The zero-order valence-corrected chi connectivity index (χ0v) is 14.8. The standard InChI is InChI=1S/C17H11ClN4O6/c18-13-7-6-11(22(25)26)8-12(13)16(24)27-9-14(23)19-17-21-20-15(28-17)10-4-2-1-3-5-10/h1-8H,9H2,(H,19,21,23). The molecule has 0 unspecified atom stereocenters. The molecule has 28 heavy (non-hydrogen) atoms. The molecular weight excluding hydrogens is 392 g/mol. The maximum atomic E-state index is 12.0. The van der Waals surface area contributed by atoms with Crippen molar-refractivity contribution in [2.75, 3.05) is 11.9 Å². The number of esters is 1. The number of anilines is 1. The molecule has 11 heteroatoms. The van der Waals surface area contributed by atoms with Crippen LogP contribution in [-0.2, 0) is 9.53 Å². The summed E-state index contributed by atoms with van der Waals surface area (Å²) in [6.45, 7) is -0.680. The summed E-state index contributed by atoms with van der Waals surface area (Å²) in [6, 6.07) is 12.0. The Morgan fingerprint density at radius 1 is 1.18 bits per heavy atom. The third-order valence-corrected chi connectivity index (χ3v) is 3.74. The summed E-state index contributed by atoms with van der Waals surface area (Å²) in [5.74, 6) is -1.52. The van der Waals surface area contributed by atoms with Gasteiger partial charge in [-0.3, -0.25) is 20.2 Å². The molecule has 3 rings (SSSR count). The zero-order chi connectivity index (χ0) is 20.1. The van der Waals surface area contributed by atoms with Gasteiger partial charge in [-0.25, -0.2) is 4.79 Å². The molecule has 0 aliphatic heterocycles. The predicted octanol–water partition coefficient (Wildman–Crippen LogP) is 3.09. The first-order chi connectivity index (χ1) is 13.4. The van der Waals surface area contributed by atoms with E-state index in [1.165, 1.54) is 6.07 Å². The maximum Gasteiger partial charge on any atom is 0.340 e. The number of benzene rings is 2. The summed E-state index contributed by atoms with van der Waals surface area (Å²) in [5, 5.41) is 20.5. The molecule has 0 aliphatic rings. The molecule has 0 fully saturated rings. The van der Waals surface area contributed by atoms with E-state index in [2.05, 4.69) is 15.5 Å². The van der Waals surface area contributed by atoms with Gasteiger partial charge in [0.05, 0.1) is 15.5 Å². The lowest BCUT2D eigenvalue weighted by Gasteiger charge is -2.05. The zero-order valence-electron chi connectivity index (χ0n) is 14.0. The van der Waals surface area contributed by atoms with Crippen LogP contribution < -0.4 is 5.32 Å². The van der Waals surface area contributed by atoms with Gasteiger partial charge in [0.1, 0.15) is 0 Å². The van der Waals surface area contributed by atoms with Crippen molar-refractivity contribution in [1.82, 2.24) is 10.2 Å². The average Bonchev–Trinajstić information content (AvgIpc) is 3.15. The summed E-state index contributed by atoms with van der Waals surface area (Å²) in [6.07, 6.45) is 0. The second-order valence-electron chi connectivity index (χ2n) is 5.32. The van der Waals surface area contributed by atoms with E-state index in [0.717, 1.165) is 12.1 Å². The highest BCUT2D eigenvalue weighted by Gasteiger charge is 2.19. The van der Waals surface area contributed by atoms with E-state index >= 15 is 0 Å². The van der Waals surface area contributed by atoms with Crippen LogP contribution >= 0.6 is 11.6 Å². The van der Waals surface area contributed by atoms with Crippen LogP contribution in [0.15, 0.2) is 52.9 Å². The van der Waals surface area contributed by atoms with Crippen LogP contribution in [0.25, 0.3) is 11.5 Å². The molecule has 3 aromatic rings. The van der Waals surface area contributed by atoms with E-state index in [-0.39, 0.29) is 28.2 Å². The first-order valence-electron chi connectivity index (χ1n) is 7.74. The van der Waals surface area contributed by atoms with E-state index in [1.54, 1.807) is 24.3 Å². The van der Waals surface area contributed by atoms with Gasteiger partial charge >= 0.3 is 12.0 Å². The molecule has 2 aromatic carbocycles. The fourth-order valence-corrected chi connectivity index (χ4v) is 2.31. The van der Waals surface area contributed by atoms with Crippen molar-refractivity contribution in [3.8, 4) is 11.5 Å². The van der Waals surface area contributed by atoms with Gasteiger partial charge in [0.25, 0.3) is 11.6 Å². The van der Waals surface area contributed by atoms with E-state index < -0.39 is 23.4 Å². The lowest BCUT2D eigenvalue weighted by atomic mass is 10.2. The number of aromatic nitrogens is 2. The van der Waals surface area contributed by atoms with Gasteiger partial charge in [0, 0.05) is 17.7 Å². The number of halogens is 1. The molecule has 1 aromatic heterocycles. The van der Waals surface area contributed by atoms with Gasteiger partial charge in [-0.05, 0) is 18.2 Å². The lowest BCUT2D eigenvalue weighted by Crippen LogP contribution is -2.21. The number of amides is 1. The maximum absolute atomic E-state index is 12.0. The van der Waals surface area contributed by atoms with E-state index in [1.807, 2.05) is 6.07 Å². The molecule has 0 atom stereocenters. The largest absolute Gasteiger partial charge is 0.452 e. The third kappa shape index (κ3) is 4.48. The quantitative estimate of drug-likeness (QED) is 0.377. The van der Waals surface area contributed by atoms with Crippen molar-refractivity contribution in [2.45, 2.75) is 0 Å². The van der Waals surface area contributed by atoms with Crippen LogP contribution in [0.2, 0.25) is 5.02 Å². The number of non-ortho nitro benzene ring substituents is 1. The number of nitro groups is 1. The summed E-state index contributed by atoms with van der Waals surface area (Å²) in [5.41, 5.74) is 0.107. The molecule has 0 aliphatic carbocycles. The molecular formula is C17H11ClN4O6. The van der Waals surface area contributed by atoms with Crippen LogP contribution in [0.3, 0.4) is 0 Å². The first kappa shape index (κ1) is 19.0. The van der Waals surface area contributed by atoms with Crippen LogP contribution in [-0.4, -0.2) is 33.6 Å². The molecule has 0 bridgehead atoms. The fourth-order valence-electron chi connectivity index (χ4n) is 2.12. The summed E-state index contributed by atoms with van der Waals surface area (Å²) in [7, 11) is 0. The molecule has 10 nitrogen and oxygen atoms in total. The van der Waals surface area contributed by atoms with Crippen molar-refractivity contribution < 1.29 is 23.7 Å². The minimum absolute atomic E-state index is 0.0413. The highest BCUT2D eigenvalue weighted by Crippen LogP contribution is 2.23. The highest BCUT2D eigenvalue weighted by atomic mass is 35.5. The summed E-state index contributed by atoms with van der Waals surface area (Å²) in [4.78, 5) is 34.0. The van der Waals surface area contributed by atoms with E-state index in [0.29, 0.717) is 5.56 Å². The Hall–Kier alpha value is -3.79. The number of nitrogens with zero attached hydrogens (tertiary/aromatic N) is 3. The molecule has 0 saturated carbocycles. The number of nitrogens with one attached hydrogen (secondary N) is 1. The number of hydrogen-bond acceptors (Lipinski definition) is 8. The number of carbonyl (C=O) groups is 2. The van der Waals surface area contributed by atoms with Gasteiger partial charge in [-0.15, -0.1) is 5.10 Å². The van der Waals surface area contributed by atoms with Crippen LogP contribution in [0, 0.1) is 10.1 Å². The molecule has 142 valence electrons. The van der Waals surface area contributed by atoms with Gasteiger partial charge in [-0.1, -0.05) is 34.9 Å². The lowest BCUT2D eigenvalue weighted by molar-refractivity contribution is -0.384. The van der Waals surface area contributed by atoms with Crippen molar-refractivity contribution in [3.05, 3.63) is 69.2 Å². The Balaban J connectivity index is 1.59. The van der Waals surface area contributed by atoms with Gasteiger partial charge in [0.15, 0.2) is 6.61 Å². The summed E-state index contributed by atoms with van der Waals surface area (Å²) >= 11 is 5.84. The third-order valence-electron chi connectivity index (χ3n) is 3.41. The van der Waals surface area contributed by atoms with Crippen molar-refractivity contribution in [2.24, 2.45) is 0 Å². The number of ether oxygens (including phenoxy) is 1. The molecule has 1 heterocycles. The van der Waals surface area contributed by atoms with E-state index in [4.69, 9.17) is 20.8 Å². The second-order valence-corrected chi connectivity index (χ2v) is 5.73. The van der Waals surface area contributed by atoms with Crippen molar-refractivity contribution in [3.63, 3.8) is 0 Å². The smallest absolute Gasteiger partial charge is 0.340 e. The Morgan fingerprint density at radius 3 is 2.64 bits per heavy atom. The summed E-state index contributed by atoms with van der Waals surface area (Å²) < 4.78 is 10.1. The van der Waals surface area contributed by atoms with Gasteiger partial charge < -0.3 is 9.15 Å². The SMILES string of the molecule is O=C(COC(=O)c1cc([N+](=O)[O-])ccc1Cl)Nc1nnc(-c2ccccc2)o1. The number of rotatable bonds is 6. The van der Waals surface area contributed by atoms with Gasteiger partial charge in [0.2, 0.25) is 5.89 Å². The first-order valence-corrected chi connectivity index (χ1v) is 8.11. The fraction of sp³-hybridized carbons (Fsp3) is 0.0588. The molecule has 0 spiro atoms. The highest BCUT2D eigenvalue weighted by molar-refractivity contribution is 6.33. The van der Waals surface area contributed by atoms with E-state index in [9.17, 15) is 19.7 Å². The molecule has 1 N–H and O–H groups in total. The van der Waals surface area contributed by atoms with Gasteiger partial charge in [-0.2, -0.15) is 0 Å². The number of carbonyl (C=O) groups excluding carboxylic acids is 2. The molecule has 0 radical (unpaired) electrons. The Kier molecular flexibility index (Phi) is 5.61. The topological polar surface area (TPSA) is 137 Å². The Morgan fingerprint density at radius 2 is 1.93 bits per heavy atom. The predicted molar refractivity (Wildman–Crippen MR) is 96.8 cm³/mol. The van der Waals surface area contributed by atoms with Crippen molar-refractivity contribution in [1.29, 1.82) is 0 Å². The molecule has 0 saturated heterocycles. The Labute approximate surface area is 162 Å². The minimum atomic E-state index is -0.987.